The number of hydrogen-bond acceptors (Lipinski definition) is 0. The second-order valence-electron chi connectivity index (χ2n) is 1.85. The Morgan fingerprint density at radius 3 is 2.89 bits per heavy atom. The van der Waals surface area contributed by atoms with E-state index in [1.54, 1.807) is 3.88 Å². The van der Waals surface area contributed by atoms with E-state index in [0.717, 1.165) is 0 Å². The van der Waals surface area contributed by atoms with E-state index in [1.807, 2.05) is 0 Å². The fourth-order valence-corrected chi connectivity index (χ4v) is 2.26. The smallest absolute Gasteiger partial charge is 0.147 e. The van der Waals surface area contributed by atoms with Crippen molar-refractivity contribution in [1.82, 2.24) is 0 Å². The van der Waals surface area contributed by atoms with Crippen LogP contribution in [0, 0.1) is 0 Å². The van der Waals surface area contributed by atoms with Crippen molar-refractivity contribution >= 4 is 12.4 Å². The molecule has 0 aromatic heterocycles. The van der Waals surface area contributed by atoms with E-state index in [0.29, 0.717) is 19.2 Å². The Morgan fingerprint density at radius 2 is 2.44 bits per heavy atom. The van der Waals surface area contributed by atoms with Crippen molar-refractivity contribution in [3.63, 3.8) is 0 Å². The largest absolute Gasteiger partial charge is 0.147 e. The minimum absolute atomic E-state index is 0. The van der Waals surface area contributed by atoms with Crippen LogP contribution in [0.1, 0.15) is 13.3 Å². The minimum Gasteiger partial charge on any atom is -0.147 e. The van der Waals surface area contributed by atoms with Gasteiger partial charge in [0.1, 0.15) is 0 Å². The van der Waals surface area contributed by atoms with E-state index in [-0.39, 0.29) is 12.4 Å². The zero-order chi connectivity index (χ0) is 5.82. The summed E-state index contributed by atoms with van der Waals surface area (Å²) in [5, 5.41) is 0. The summed E-state index contributed by atoms with van der Waals surface area (Å²) in [7, 11) is 0. The maximum atomic E-state index is 2.28. The summed E-state index contributed by atoms with van der Waals surface area (Å²) in [6, 6.07) is 0. The first-order chi connectivity index (χ1) is 3.93. The normalized spacial score (nSPS) is 14.6. The predicted molar refractivity (Wildman–Crippen MR) is 39.6 cm³/mol. The zero-order valence-electron chi connectivity index (χ0n) is 5.55. The van der Waals surface area contributed by atoms with Crippen molar-refractivity contribution in [2.24, 2.45) is 0 Å². The molecule has 0 saturated carbocycles. The molecule has 0 saturated heterocycles. The van der Waals surface area contributed by atoms with Gasteiger partial charge < -0.3 is 0 Å². The Morgan fingerprint density at radius 1 is 1.67 bits per heavy atom. The van der Waals surface area contributed by atoms with E-state index in [1.165, 1.54) is 11.1 Å². The van der Waals surface area contributed by atoms with Gasteiger partial charge in [0, 0.05) is 0 Å². The van der Waals surface area contributed by atoms with Gasteiger partial charge in [-0.2, -0.15) is 0 Å². The van der Waals surface area contributed by atoms with Crippen LogP contribution >= 0.6 is 12.4 Å². The van der Waals surface area contributed by atoms with E-state index in [4.69, 9.17) is 0 Å². The van der Waals surface area contributed by atoms with Gasteiger partial charge >= 0.3 is 59.3 Å². The van der Waals surface area contributed by atoms with E-state index >= 15 is 0 Å². The Labute approximate surface area is 71.7 Å². The zero-order valence-corrected chi connectivity index (χ0v) is 7.93. The van der Waals surface area contributed by atoms with Gasteiger partial charge in [-0.3, -0.25) is 0 Å². The molecule has 0 aromatic rings. The third kappa shape index (κ3) is 3.25. The van der Waals surface area contributed by atoms with Gasteiger partial charge in [-0.25, -0.2) is 0 Å². The van der Waals surface area contributed by atoms with E-state index < -0.39 is 0 Å². The molecule has 50 valence electrons. The van der Waals surface area contributed by atoms with Crippen molar-refractivity contribution in [1.29, 1.82) is 0 Å². The molecule has 2 heteroatoms. The fourth-order valence-electron chi connectivity index (χ4n) is 0.805. The number of halogens is 1. The van der Waals surface area contributed by atoms with Crippen molar-refractivity contribution in [2.75, 3.05) is 0 Å². The van der Waals surface area contributed by atoms with Crippen molar-refractivity contribution < 1.29 is 19.2 Å². The molecule has 0 radical (unpaired) electrons. The summed E-state index contributed by atoms with van der Waals surface area (Å²) < 4.78 is 3.13. The molecule has 0 N–H and O–H groups in total. The Balaban J connectivity index is 0.000000640. The predicted octanol–water partition coefficient (Wildman–Crippen LogP) is 2.77. The number of allylic oxidation sites excluding steroid dienone is 4. The summed E-state index contributed by atoms with van der Waals surface area (Å²) in [5.74, 6) is 0. The SMILES string of the molecule is C[CH2][Ti][C]1=CC=CC1.Cl. The van der Waals surface area contributed by atoms with Crippen LogP contribution < -0.4 is 0 Å². The van der Waals surface area contributed by atoms with Crippen molar-refractivity contribution in [3.05, 3.63) is 22.1 Å². The molecule has 0 unspecified atom stereocenters. The third-order valence-corrected chi connectivity index (χ3v) is 3.02. The Bertz CT molecular complexity index is 127. The molecule has 1 rings (SSSR count). The van der Waals surface area contributed by atoms with Crippen molar-refractivity contribution in [2.45, 2.75) is 18.1 Å². The van der Waals surface area contributed by atoms with Gasteiger partial charge in [-0.05, 0) is 0 Å². The van der Waals surface area contributed by atoms with Crippen LogP contribution in [0.3, 0.4) is 0 Å². The third-order valence-electron chi connectivity index (χ3n) is 1.18. The second-order valence-corrected chi connectivity index (χ2v) is 4.51. The molecule has 0 fully saturated rings. The molecule has 0 atom stereocenters. The maximum absolute atomic E-state index is 2.28. The van der Waals surface area contributed by atoms with Crippen LogP contribution in [-0.4, -0.2) is 0 Å². The molecule has 0 amide bonds. The topological polar surface area (TPSA) is 0 Å². The van der Waals surface area contributed by atoms with Crippen molar-refractivity contribution in [3.8, 4) is 0 Å². The van der Waals surface area contributed by atoms with Gasteiger partial charge in [-0.15, -0.1) is 12.4 Å². The summed E-state index contributed by atoms with van der Waals surface area (Å²) in [6.45, 7) is 2.28. The van der Waals surface area contributed by atoms with Gasteiger partial charge in [0.25, 0.3) is 0 Å². The monoisotopic (exact) mass is 178 g/mol. The molecular formula is C7H11ClTi. The van der Waals surface area contributed by atoms with Gasteiger partial charge in [0.2, 0.25) is 0 Å². The van der Waals surface area contributed by atoms with Gasteiger partial charge in [-0.1, -0.05) is 0 Å². The average Bonchev–Trinajstić information content (AvgIpc) is 2.19. The molecule has 0 aliphatic heterocycles. The Kier molecular flexibility index (Phi) is 5.57. The molecule has 0 heterocycles. The molecule has 0 spiro atoms. The van der Waals surface area contributed by atoms with Crippen LogP contribution in [0.2, 0.25) is 4.73 Å². The molecular weight excluding hydrogens is 167 g/mol. The summed E-state index contributed by atoms with van der Waals surface area (Å²) in [6.07, 6.45) is 7.96. The van der Waals surface area contributed by atoms with Crippen LogP contribution in [0.5, 0.6) is 0 Å². The first kappa shape index (κ1) is 9.48. The molecule has 0 aromatic carbocycles. The maximum Gasteiger partial charge on any atom is -0.147 e. The summed E-state index contributed by atoms with van der Waals surface area (Å²) in [5.41, 5.74) is 0. The molecule has 0 nitrogen and oxygen atoms in total. The van der Waals surface area contributed by atoms with E-state index in [9.17, 15) is 0 Å². The molecule has 0 bridgehead atoms. The summed E-state index contributed by atoms with van der Waals surface area (Å²) in [4.78, 5) is 0. The minimum atomic E-state index is 0. The van der Waals surface area contributed by atoms with Crippen LogP contribution in [0.15, 0.2) is 22.1 Å². The molecule has 9 heavy (non-hydrogen) atoms. The first-order valence-electron chi connectivity index (χ1n) is 3.03. The van der Waals surface area contributed by atoms with Gasteiger partial charge in [0.15, 0.2) is 0 Å². The molecule has 1 aliphatic carbocycles. The molecule has 1 aliphatic rings. The standard InChI is InChI=1S/C5H5.C2H5.ClH.Ti/c1-2-4-5-3-1;1-2;;/h1-3H,4H2;1H2,2H3;1H;. The van der Waals surface area contributed by atoms with Crippen LogP contribution in [0.25, 0.3) is 0 Å². The quantitative estimate of drug-likeness (QED) is 0.571. The summed E-state index contributed by atoms with van der Waals surface area (Å²) >= 11 is 0.306. The fraction of sp³-hybridized carbons (Fsp3) is 0.429. The number of rotatable bonds is 2. The Hall–Kier alpha value is 0.484. The average molecular weight is 178 g/mol. The van der Waals surface area contributed by atoms with Crippen LogP contribution in [0.4, 0.5) is 0 Å². The van der Waals surface area contributed by atoms with Gasteiger partial charge in [0.05, 0.1) is 0 Å². The number of hydrogen-bond donors (Lipinski definition) is 0. The van der Waals surface area contributed by atoms with Crippen LogP contribution in [-0.2, 0) is 19.2 Å². The second kappa shape index (κ2) is 5.28. The van der Waals surface area contributed by atoms with E-state index in [2.05, 4.69) is 25.2 Å². The first-order valence-corrected chi connectivity index (χ1v) is 4.91.